The predicted molar refractivity (Wildman–Crippen MR) is 92.2 cm³/mol. The third kappa shape index (κ3) is 4.48. The van der Waals surface area contributed by atoms with Crippen LogP contribution in [-0.4, -0.2) is 41.3 Å². The van der Waals surface area contributed by atoms with Gasteiger partial charge in [0, 0.05) is 0 Å². The molecule has 0 atom stereocenters. The zero-order valence-electron chi connectivity index (χ0n) is 13.8. The molecule has 10 nitrogen and oxygen atoms in total. The van der Waals surface area contributed by atoms with Gasteiger partial charge in [0.25, 0.3) is 10.1 Å². The van der Waals surface area contributed by atoms with Crippen molar-refractivity contribution in [2.24, 2.45) is 0 Å². The molecule has 0 radical (unpaired) electrons. The first kappa shape index (κ1) is 19.4. The summed E-state index contributed by atoms with van der Waals surface area (Å²) in [5.41, 5.74) is 0.759. The lowest BCUT2D eigenvalue weighted by molar-refractivity contribution is 0.297. The Kier molecular flexibility index (Phi) is 5.53. The lowest BCUT2D eigenvalue weighted by Crippen LogP contribution is -2.14. The average Bonchev–Trinajstić information content (AvgIpc) is 3.19. The average molecular weight is 463 g/mol. The number of halogens is 2. The summed E-state index contributed by atoms with van der Waals surface area (Å²) in [7, 11) is -3.54. The molecule has 1 aromatic carbocycles. The minimum Gasteiger partial charge on any atom is -0.295 e. The van der Waals surface area contributed by atoms with Crippen LogP contribution in [0.1, 0.15) is 12.1 Å². The van der Waals surface area contributed by atoms with E-state index in [9.17, 15) is 17.6 Å². The smallest absolute Gasteiger partial charge is 0.295 e. The molecule has 3 aromatic rings. The van der Waals surface area contributed by atoms with Gasteiger partial charge < -0.3 is 0 Å². The monoisotopic (exact) mass is 462 g/mol. The van der Waals surface area contributed by atoms with Crippen LogP contribution in [-0.2, 0) is 20.7 Å². The van der Waals surface area contributed by atoms with Crippen molar-refractivity contribution in [3.8, 4) is 17.2 Å². The van der Waals surface area contributed by atoms with Crippen LogP contribution in [0.3, 0.4) is 0 Å². The van der Waals surface area contributed by atoms with Gasteiger partial charge in [-0.05, 0) is 52.1 Å². The number of hydrogen-bond donors (Lipinski definition) is 0. The van der Waals surface area contributed by atoms with Crippen molar-refractivity contribution >= 4 is 26.0 Å². The minimum atomic E-state index is -3.54. The summed E-state index contributed by atoms with van der Waals surface area (Å²) in [5.74, 6) is -1.30. The summed E-state index contributed by atoms with van der Waals surface area (Å²) < 4.78 is 50.7. The number of hydrogen-bond acceptors (Lipinski definition) is 9. The molecule has 0 N–H and O–H groups in total. The molecule has 0 bridgehead atoms. The number of rotatable bonds is 7. The third-order valence-corrected chi connectivity index (χ3v) is 4.59. The first-order valence-corrected chi connectivity index (χ1v) is 10.1. The van der Waals surface area contributed by atoms with Crippen molar-refractivity contribution < 1.29 is 26.1 Å². The quantitative estimate of drug-likeness (QED) is 0.379. The van der Waals surface area contributed by atoms with Gasteiger partial charge in [-0.3, -0.25) is 8.71 Å². The van der Waals surface area contributed by atoms with Gasteiger partial charge in [-0.25, -0.2) is 18.4 Å². The molecule has 0 aliphatic heterocycles. The molecule has 0 saturated carbocycles. The second-order valence-electron chi connectivity index (χ2n) is 5.40. The van der Waals surface area contributed by atoms with Crippen LogP contribution in [0.2, 0.25) is 0 Å². The summed E-state index contributed by atoms with van der Waals surface area (Å²) in [6.07, 6.45) is 1.51. The van der Waals surface area contributed by atoms with E-state index < -0.39 is 21.7 Å². The first-order chi connectivity index (χ1) is 12.8. The Bertz CT molecular complexity index is 1120. The van der Waals surface area contributed by atoms with E-state index in [1.807, 2.05) is 0 Å². The fraction of sp³-hybridized carbons (Fsp3) is 0.286. The van der Waals surface area contributed by atoms with Crippen LogP contribution in [0, 0.1) is 5.82 Å². The van der Waals surface area contributed by atoms with Crippen LogP contribution in [0.15, 0.2) is 36.6 Å². The molecule has 0 saturated heterocycles. The van der Waals surface area contributed by atoms with Gasteiger partial charge in [0.2, 0.25) is 5.82 Å². The Morgan fingerprint density at radius 3 is 2.78 bits per heavy atom. The molecular weight excluding hydrogens is 451 g/mol. The van der Waals surface area contributed by atoms with E-state index in [4.69, 9.17) is 9.15 Å². The largest absolute Gasteiger partial charge is 0.446 e. The first-order valence-electron chi connectivity index (χ1n) is 7.46. The number of aromatic nitrogens is 4. The lowest BCUT2D eigenvalue weighted by atomic mass is 10.2. The molecule has 27 heavy (non-hydrogen) atoms. The summed E-state index contributed by atoms with van der Waals surface area (Å²) in [6, 6.07) is 3.92. The van der Waals surface area contributed by atoms with Crippen molar-refractivity contribution in [2.75, 3.05) is 12.9 Å². The van der Waals surface area contributed by atoms with Gasteiger partial charge in [0.1, 0.15) is 11.5 Å². The Morgan fingerprint density at radius 1 is 1.30 bits per heavy atom. The second-order valence-corrected chi connectivity index (χ2v) is 7.89. The Morgan fingerprint density at radius 2 is 2.07 bits per heavy atom. The van der Waals surface area contributed by atoms with Crippen molar-refractivity contribution in [1.29, 1.82) is 0 Å². The van der Waals surface area contributed by atoms with Crippen LogP contribution in [0.4, 0.5) is 4.39 Å². The van der Waals surface area contributed by atoms with E-state index in [1.54, 1.807) is 0 Å². The molecule has 0 unspecified atom stereocenters. The molecular formula is C14H12BrFN4O6S. The Hall–Kier alpha value is -2.38. The molecule has 0 amide bonds. The molecule has 144 valence electrons. The highest BCUT2D eigenvalue weighted by Gasteiger charge is 2.22. The van der Waals surface area contributed by atoms with Gasteiger partial charge in [0.15, 0.2) is 5.69 Å². The van der Waals surface area contributed by atoms with Gasteiger partial charge in [-0.15, -0.1) is 0 Å². The molecule has 0 fully saturated rings. The molecule has 0 aliphatic rings. The maximum atomic E-state index is 13.5. The highest BCUT2D eigenvalue weighted by Crippen LogP contribution is 2.24. The zero-order valence-corrected chi connectivity index (χ0v) is 16.2. The molecule has 13 heteroatoms. The summed E-state index contributed by atoms with van der Waals surface area (Å²) in [4.78, 5) is 12.1. The molecule has 3 rings (SSSR count). The minimum absolute atomic E-state index is 0.0128. The molecule has 0 spiro atoms. The summed E-state index contributed by atoms with van der Waals surface area (Å²) in [5, 5.41) is 11.2. The molecule has 2 heterocycles. The highest BCUT2D eigenvalue weighted by atomic mass is 79.9. The van der Waals surface area contributed by atoms with E-state index in [-0.39, 0.29) is 29.0 Å². The van der Waals surface area contributed by atoms with E-state index in [1.165, 1.54) is 18.2 Å². The predicted octanol–water partition coefficient (Wildman–Crippen LogP) is 1.69. The maximum Gasteiger partial charge on any atom is 0.446 e. The highest BCUT2D eigenvalue weighted by molar-refractivity contribution is 9.10. The number of nitrogens with zero attached hydrogens (tertiary/aromatic N) is 4. The third-order valence-electron chi connectivity index (χ3n) is 3.39. The standard InChI is InChI=1S/C14H12BrFN4O6S/c1-27(22,23)24-6-2-3-11-12(18-26-17-11)13-19-25-14(21)20(13)8-4-5-10(16)9(15)7-8/h4-5,7H,2-3,6H2,1H3. The fourth-order valence-electron chi connectivity index (χ4n) is 2.24. The van der Waals surface area contributed by atoms with Crippen LogP contribution < -0.4 is 5.76 Å². The molecule has 2 aromatic heterocycles. The Balaban J connectivity index is 1.89. The van der Waals surface area contributed by atoms with E-state index in [0.717, 1.165) is 10.8 Å². The van der Waals surface area contributed by atoms with E-state index in [0.29, 0.717) is 17.8 Å². The summed E-state index contributed by atoms with van der Waals surface area (Å²) >= 11 is 3.05. The SMILES string of the molecule is CS(=O)(=O)OCCCc1nonc1-c1noc(=O)n1-c1ccc(F)c(Br)c1. The van der Waals surface area contributed by atoms with Gasteiger partial charge >= 0.3 is 5.76 Å². The number of aryl methyl sites for hydroxylation is 1. The zero-order chi connectivity index (χ0) is 19.6. The maximum absolute atomic E-state index is 13.5. The summed E-state index contributed by atoms with van der Waals surface area (Å²) in [6.45, 7) is -0.0539. The lowest BCUT2D eigenvalue weighted by Gasteiger charge is -2.04. The van der Waals surface area contributed by atoms with E-state index >= 15 is 0 Å². The second kappa shape index (κ2) is 7.70. The van der Waals surface area contributed by atoms with Gasteiger partial charge in [-0.2, -0.15) is 8.42 Å². The van der Waals surface area contributed by atoms with Crippen molar-refractivity contribution in [2.45, 2.75) is 12.8 Å². The molecule has 0 aliphatic carbocycles. The van der Waals surface area contributed by atoms with Crippen LogP contribution >= 0.6 is 15.9 Å². The number of benzene rings is 1. The normalized spacial score (nSPS) is 11.8. The topological polar surface area (TPSA) is 130 Å². The van der Waals surface area contributed by atoms with Crippen molar-refractivity contribution in [3.63, 3.8) is 0 Å². The van der Waals surface area contributed by atoms with E-state index in [2.05, 4.69) is 35.6 Å². The van der Waals surface area contributed by atoms with Gasteiger partial charge in [-0.1, -0.05) is 10.3 Å². The van der Waals surface area contributed by atoms with Crippen LogP contribution in [0.25, 0.3) is 17.2 Å². The van der Waals surface area contributed by atoms with Gasteiger partial charge in [0.05, 0.1) is 23.0 Å². The van der Waals surface area contributed by atoms with Crippen molar-refractivity contribution in [1.82, 2.24) is 20.0 Å². The van der Waals surface area contributed by atoms with Crippen LogP contribution in [0.5, 0.6) is 0 Å². The Labute approximate surface area is 160 Å². The van der Waals surface area contributed by atoms with Crippen molar-refractivity contribution in [3.05, 3.63) is 44.7 Å². The fourth-order valence-corrected chi connectivity index (χ4v) is 3.03.